The van der Waals surface area contributed by atoms with Gasteiger partial charge in [0, 0.05) is 6.61 Å². The SMILES string of the molecule is CCOCC(O)Cn1c(=O)n(CC(O)COCC(F)(F)OC(F)(F)C(F)(F)OC(F)(F)C(F)(F)OC(F)(F)C(F)(F)OC(F)(F)C(F)(F)OC(F)(F)C(F)(F)OC(F)(F)C(F)(F)F)c(=O)n(CC(O)COCC(F)(F)OC(F)(F)C(F)(F)OC(F)(F)C(F)(F)OC(F)(F)C(F)(F)OC(F)(F)C(F)(F)OC(F)(F)C(F)(F)OC(F)(F)C(F)(F)F)c1=O. The van der Waals surface area contributed by atoms with E-state index >= 15 is 0 Å². The molecule has 0 aliphatic heterocycles. The first-order chi connectivity index (χ1) is 52.0. The predicted octanol–water partition coefficient (Wildman–Crippen LogP) is 12.9. The third kappa shape index (κ3) is 26.5. The highest BCUT2D eigenvalue weighted by atomic mass is 19.5. The zero-order valence-corrected chi connectivity index (χ0v) is 54.0. The van der Waals surface area contributed by atoms with E-state index in [1.54, 1.807) is 0 Å². The highest BCUT2D eigenvalue weighted by Crippen LogP contribution is 2.58. The van der Waals surface area contributed by atoms with Crippen LogP contribution in [0.3, 0.4) is 0 Å². The molecule has 120 heavy (non-hydrogen) atoms. The summed E-state index contributed by atoms with van der Waals surface area (Å²) in [6, 6.07) is 0. The quantitative estimate of drug-likeness (QED) is 0.0512. The van der Waals surface area contributed by atoms with Gasteiger partial charge in [-0.05, 0) is 6.92 Å². The molecule has 1 heterocycles. The Morgan fingerprint density at radius 1 is 0.217 bits per heavy atom. The van der Waals surface area contributed by atoms with Crippen LogP contribution in [0, 0.1) is 0 Å². The zero-order chi connectivity index (χ0) is 96.2. The van der Waals surface area contributed by atoms with E-state index in [4.69, 9.17) is 0 Å². The number of rotatable bonds is 51. The van der Waals surface area contributed by atoms with Gasteiger partial charge < -0.3 is 29.5 Å². The molecule has 1 aromatic rings. The van der Waals surface area contributed by atoms with Crippen LogP contribution in [0.5, 0.6) is 0 Å². The highest BCUT2D eigenvalue weighted by molar-refractivity contribution is 4.88. The number of aromatic nitrogens is 3. The van der Waals surface area contributed by atoms with Gasteiger partial charge in [-0.25, -0.2) is 84.9 Å². The lowest BCUT2D eigenvalue weighted by molar-refractivity contribution is -0.595. The number of hydrogen-bond donors (Lipinski definition) is 3. The molecule has 0 fully saturated rings. The largest absolute Gasteiger partial charge is 0.483 e. The minimum atomic E-state index is -8.55. The molecule has 24 nitrogen and oxygen atoms in total. The molecule has 0 radical (unpaired) electrons. The summed E-state index contributed by atoms with van der Waals surface area (Å²) in [5.41, 5.74) is -6.95. The molecule has 1 aromatic heterocycles. The first-order valence-corrected chi connectivity index (χ1v) is 27.4. The Bertz CT molecular complexity index is 3510. The van der Waals surface area contributed by atoms with Crippen LogP contribution in [-0.2, 0) is 90.7 Å². The van der Waals surface area contributed by atoms with Gasteiger partial charge in [-0.1, -0.05) is 0 Å². The third-order valence-corrected chi connectivity index (χ3v) is 11.4. The number of ether oxygens (including phenoxy) is 15. The van der Waals surface area contributed by atoms with Crippen LogP contribution < -0.4 is 17.1 Å². The van der Waals surface area contributed by atoms with Crippen LogP contribution in [0.1, 0.15) is 6.92 Å². The molecule has 0 saturated heterocycles. The number of halogens is 54. The van der Waals surface area contributed by atoms with Gasteiger partial charge in [0.05, 0.1) is 57.8 Å². The minimum absolute atomic E-state index is 0.399. The Balaban J connectivity index is 3.42. The topological polar surface area (TPSA) is 265 Å². The Morgan fingerprint density at radius 2 is 0.342 bits per heavy atom. The van der Waals surface area contributed by atoms with Crippen molar-refractivity contribution in [2.75, 3.05) is 39.6 Å². The molecule has 714 valence electrons. The molecular weight excluding hydrogens is 1910 g/mol. The molecule has 0 aliphatic rings. The van der Waals surface area contributed by atoms with Crippen molar-refractivity contribution in [3.8, 4) is 0 Å². The molecule has 0 spiro atoms. The maximum atomic E-state index is 14.4. The van der Waals surface area contributed by atoms with E-state index < -0.39 is 267 Å². The van der Waals surface area contributed by atoms with Crippen molar-refractivity contribution in [1.82, 2.24) is 13.7 Å². The van der Waals surface area contributed by atoms with E-state index in [0.29, 0.717) is 0 Å². The zero-order valence-electron chi connectivity index (χ0n) is 54.0. The van der Waals surface area contributed by atoms with Crippen LogP contribution in [0.15, 0.2) is 14.4 Å². The van der Waals surface area contributed by atoms with E-state index in [0.717, 1.165) is 44.8 Å². The van der Waals surface area contributed by atoms with Gasteiger partial charge in [-0.15, -0.1) is 0 Å². The lowest BCUT2D eigenvalue weighted by Crippen LogP contribution is -2.62. The summed E-state index contributed by atoms with van der Waals surface area (Å²) in [4.78, 5) is 39.7. The predicted molar refractivity (Wildman–Crippen MR) is 239 cm³/mol. The first-order valence-electron chi connectivity index (χ1n) is 27.4. The Labute approximate surface area is 612 Å². The lowest BCUT2D eigenvalue weighted by atomic mass is 10.3. The molecule has 0 saturated carbocycles. The van der Waals surface area contributed by atoms with Crippen molar-refractivity contribution in [2.45, 2.75) is 204 Å². The standard InChI is InChI=1S/C42H27F54N3O21/c1-2-106-6-11(100)3-97-14(103)98(4-12(101)7-107-9-17(43,44)109-23(57,58)25(61,62)113-31(73,74)33(77,78)117-39(89,90)41(93,94)119-37(85,86)35(81,82)115-29(69,70)27(65,66)111-21(53,54)19(47,48)49)16(105)99(15(97)104)5-13(102)8-108-10-18(45,46)110-24(59,60)26(63,64)114-32(75,76)34(79,80)118-40(91,92)42(95,96)120-38(87,88)36(83,84)116-30(71,72)28(67,68)112-22(55,56)20(50,51)52/h11-13,100-102H,2-10H2,1H3. The van der Waals surface area contributed by atoms with Crippen LogP contribution in [0.2, 0.25) is 0 Å². The summed E-state index contributed by atoms with van der Waals surface area (Å²) < 4.78 is 759. The summed E-state index contributed by atoms with van der Waals surface area (Å²) in [7, 11) is 0. The summed E-state index contributed by atoms with van der Waals surface area (Å²) in [6.07, 6.45) is -218. The van der Waals surface area contributed by atoms with E-state index in [1.165, 1.54) is 9.47 Å². The van der Waals surface area contributed by atoms with Crippen molar-refractivity contribution in [3.05, 3.63) is 31.5 Å². The van der Waals surface area contributed by atoms with Gasteiger partial charge in [0.2, 0.25) is 0 Å². The Morgan fingerprint density at radius 3 is 0.475 bits per heavy atom. The minimum Gasteiger partial charge on any atom is -0.389 e. The Kier molecular flexibility index (Phi) is 32.7. The van der Waals surface area contributed by atoms with Crippen molar-refractivity contribution < 1.29 is 323 Å². The van der Waals surface area contributed by atoms with Gasteiger partial charge in [0.15, 0.2) is 0 Å². The van der Waals surface area contributed by atoms with E-state index in [9.17, 15) is 267 Å². The van der Waals surface area contributed by atoms with Crippen molar-refractivity contribution >= 4 is 0 Å². The van der Waals surface area contributed by atoms with Crippen molar-refractivity contribution in [2.24, 2.45) is 0 Å². The fourth-order valence-electron chi connectivity index (χ4n) is 6.17. The van der Waals surface area contributed by atoms with Crippen LogP contribution >= 0.6 is 0 Å². The van der Waals surface area contributed by atoms with Gasteiger partial charge in [-0.3, -0.25) is 0 Å². The number of aliphatic hydroxyl groups is 3. The second kappa shape index (κ2) is 35.0. The summed E-state index contributed by atoms with van der Waals surface area (Å²) >= 11 is 0. The van der Waals surface area contributed by atoms with Gasteiger partial charge in [0.25, 0.3) is 0 Å². The average Bonchev–Trinajstić information content (AvgIpc) is 0.777. The molecular formula is C42H27F54N3O21. The van der Waals surface area contributed by atoms with Gasteiger partial charge >= 0.3 is 176 Å². The maximum absolute atomic E-state index is 14.4. The van der Waals surface area contributed by atoms with E-state index in [-0.39, 0.29) is 0 Å². The fourth-order valence-corrected chi connectivity index (χ4v) is 6.17. The molecule has 3 unspecified atom stereocenters. The number of aliphatic hydroxyl groups excluding tert-OH is 3. The summed E-state index contributed by atoms with van der Waals surface area (Å²) in [5.74, 6) is 0. The number of alkyl halides is 54. The molecule has 3 atom stereocenters. The second-order valence-corrected chi connectivity index (χ2v) is 21.2. The fraction of sp³-hybridized carbons (Fsp3) is 0.929. The van der Waals surface area contributed by atoms with Gasteiger partial charge in [-0.2, -0.15) is 237 Å². The van der Waals surface area contributed by atoms with Crippen molar-refractivity contribution in [3.63, 3.8) is 0 Å². The summed E-state index contributed by atoms with van der Waals surface area (Å²) in [6.45, 7) is -17.0. The maximum Gasteiger partial charge on any atom is 0.483 e. The van der Waals surface area contributed by atoms with E-state index in [1.807, 2.05) is 9.47 Å². The smallest absolute Gasteiger partial charge is 0.389 e. The van der Waals surface area contributed by atoms with E-state index in [2.05, 4.69) is 14.2 Å². The van der Waals surface area contributed by atoms with Crippen LogP contribution in [0.25, 0.3) is 0 Å². The Hall–Kier alpha value is -6.09. The highest BCUT2D eigenvalue weighted by Gasteiger charge is 2.84. The van der Waals surface area contributed by atoms with Gasteiger partial charge in [0.1, 0.15) is 13.2 Å². The number of nitrogens with zero attached hydrogens (tertiary/aromatic N) is 3. The molecule has 0 aromatic carbocycles. The van der Waals surface area contributed by atoms with Crippen LogP contribution in [0.4, 0.5) is 237 Å². The molecule has 0 bridgehead atoms. The second-order valence-electron chi connectivity index (χ2n) is 21.2. The van der Waals surface area contributed by atoms with Crippen LogP contribution in [-0.4, -0.2) is 246 Å². The molecule has 0 aliphatic carbocycles. The monoisotopic (exact) mass is 1940 g/mol. The third-order valence-electron chi connectivity index (χ3n) is 11.4. The van der Waals surface area contributed by atoms with Crippen molar-refractivity contribution in [1.29, 1.82) is 0 Å². The normalized spacial score (nSPS) is 16.6. The summed E-state index contributed by atoms with van der Waals surface area (Å²) in [5, 5.41) is 30.7. The first kappa shape index (κ1) is 112. The molecule has 0 amide bonds. The number of hydrogen-bond acceptors (Lipinski definition) is 21. The molecule has 1 rings (SSSR count). The molecule has 78 heteroatoms. The lowest BCUT2D eigenvalue weighted by Gasteiger charge is -2.37. The average molecular weight is 1940 g/mol. The molecule has 3 N–H and O–H groups in total.